The summed E-state index contributed by atoms with van der Waals surface area (Å²) in [6, 6.07) is 5.68. The minimum Gasteiger partial charge on any atom is -0.481 e. The summed E-state index contributed by atoms with van der Waals surface area (Å²) in [6.07, 6.45) is 1.30. The Morgan fingerprint density at radius 1 is 1.30 bits per heavy atom. The number of aromatic nitrogens is 1. The smallest absolute Gasteiger partial charge is 0.305 e. The molecule has 0 fully saturated rings. The average molecular weight is 320 g/mol. The second-order valence-electron chi connectivity index (χ2n) is 4.94. The van der Waals surface area contributed by atoms with Crippen LogP contribution >= 0.6 is 0 Å². The third kappa shape index (κ3) is 4.64. The molecule has 0 radical (unpaired) electrons. The van der Waals surface area contributed by atoms with Gasteiger partial charge in [-0.3, -0.25) is 9.59 Å². The molecule has 0 bridgehead atoms. The van der Waals surface area contributed by atoms with Gasteiger partial charge in [0.2, 0.25) is 11.8 Å². The molecule has 0 aliphatic heterocycles. The molecule has 6 nitrogen and oxygen atoms in total. The fourth-order valence-corrected chi connectivity index (χ4v) is 2.07. The van der Waals surface area contributed by atoms with Gasteiger partial charge in [0.05, 0.1) is 18.5 Å². The highest BCUT2D eigenvalue weighted by Gasteiger charge is 2.16. The van der Waals surface area contributed by atoms with Gasteiger partial charge in [-0.2, -0.15) is 0 Å². The Morgan fingerprint density at radius 3 is 2.61 bits per heavy atom. The molecular formula is C16H17FN2O4. The first-order valence-corrected chi connectivity index (χ1v) is 7.19. The number of hydrogen-bond acceptors (Lipinski definition) is 4. The summed E-state index contributed by atoms with van der Waals surface area (Å²) < 4.78 is 18.2. The lowest BCUT2D eigenvalue weighted by Crippen LogP contribution is -2.34. The van der Waals surface area contributed by atoms with E-state index in [1.54, 1.807) is 6.92 Å². The topological polar surface area (TPSA) is 83.6 Å². The second kappa shape index (κ2) is 7.53. The maximum absolute atomic E-state index is 12.9. The predicted octanol–water partition coefficient (Wildman–Crippen LogP) is 2.35. The lowest BCUT2D eigenvalue weighted by molar-refractivity contribution is -0.138. The van der Waals surface area contributed by atoms with Gasteiger partial charge in [-0.25, -0.2) is 9.37 Å². The van der Waals surface area contributed by atoms with E-state index in [-0.39, 0.29) is 31.1 Å². The van der Waals surface area contributed by atoms with E-state index in [1.807, 2.05) is 0 Å². The molecule has 0 aliphatic rings. The molecule has 0 spiro atoms. The zero-order chi connectivity index (χ0) is 16.8. The molecular weight excluding hydrogens is 303 g/mol. The second-order valence-corrected chi connectivity index (χ2v) is 4.94. The quantitative estimate of drug-likeness (QED) is 0.846. The highest BCUT2D eigenvalue weighted by atomic mass is 19.1. The Kier molecular flexibility index (Phi) is 5.46. The lowest BCUT2D eigenvalue weighted by atomic mass is 10.2. The fourth-order valence-electron chi connectivity index (χ4n) is 2.07. The van der Waals surface area contributed by atoms with Crippen molar-refractivity contribution in [3.8, 4) is 11.5 Å². The van der Waals surface area contributed by atoms with Gasteiger partial charge in [0.25, 0.3) is 0 Å². The molecule has 23 heavy (non-hydrogen) atoms. The zero-order valence-corrected chi connectivity index (χ0v) is 12.7. The van der Waals surface area contributed by atoms with Gasteiger partial charge in [-0.05, 0) is 31.2 Å². The van der Waals surface area contributed by atoms with Crippen molar-refractivity contribution in [2.75, 3.05) is 13.1 Å². The van der Waals surface area contributed by atoms with Crippen LogP contribution in [0.3, 0.4) is 0 Å². The van der Waals surface area contributed by atoms with E-state index >= 15 is 0 Å². The highest BCUT2D eigenvalue weighted by Crippen LogP contribution is 2.19. The Balaban J connectivity index is 2.01. The third-order valence-corrected chi connectivity index (χ3v) is 3.31. The van der Waals surface area contributed by atoms with Crippen LogP contribution in [0.2, 0.25) is 0 Å². The van der Waals surface area contributed by atoms with Crippen molar-refractivity contribution >= 4 is 11.9 Å². The van der Waals surface area contributed by atoms with E-state index in [0.717, 1.165) is 0 Å². The van der Waals surface area contributed by atoms with Crippen LogP contribution in [0, 0.1) is 5.82 Å². The molecule has 1 aromatic carbocycles. The van der Waals surface area contributed by atoms with Crippen LogP contribution in [0.4, 0.5) is 4.39 Å². The van der Waals surface area contributed by atoms with Gasteiger partial charge in [-0.1, -0.05) is 0 Å². The summed E-state index contributed by atoms with van der Waals surface area (Å²) in [7, 11) is 0. The maximum Gasteiger partial charge on any atom is 0.305 e. The van der Waals surface area contributed by atoms with Gasteiger partial charge in [0, 0.05) is 18.7 Å². The lowest BCUT2D eigenvalue weighted by Gasteiger charge is -2.19. The SMILES string of the molecule is CCN(CCC(=O)O)C(=O)Cc1coc(-c2ccc(F)cc2)n1. The molecule has 122 valence electrons. The summed E-state index contributed by atoms with van der Waals surface area (Å²) >= 11 is 0. The van der Waals surface area contributed by atoms with Gasteiger partial charge in [0.15, 0.2) is 0 Å². The first-order valence-electron chi connectivity index (χ1n) is 7.19. The van der Waals surface area contributed by atoms with Crippen LogP contribution in [0.1, 0.15) is 19.0 Å². The number of halogens is 1. The molecule has 1 heterocycles. The number of hydrogen-bond donors (Lipinski definition) is 1. The number of carbonyl (C=O) groups is 2. The van der Waals surface area contributed by atoms with Crippen LogP contribution < -0.4 is 0 Å². The maximum atomic E-state index is 12.9. The summed E-state index contributed by atoms with van der Waals surface area (Å²) in [4.78, 5) is 28.4. The molecule has 0 saturated heterocycles. The minimum absolute atomic E-state index is 0.0259. The van der Waals surface area contributed by atoms with E-state index in [4.69, 9.17) is 9.52 Å². The van der Waals surface area contributed by atoms with Crippen molar-refractivity contribution in [1.29, 1.82) is 0 Å². The van der Waals surface area contributed by atoms with Gasteiger partial charge in [0.1, 0.15) is 12.1 Å². The number of aliphatic carboxylic acids is 1. The first-order chi connectivity index (χ1) is 11.0. The molecule has 1 amide bonds. The Hall–Kier alpha value is -2.70. The number of benzene rings is 1. The van der Waals surface area contributed by atoms with Crippen LogP contribution in [0.25, 0.3) is 11.5 Å². The highest BCUT2D eigenvalue weighted by molar-refractivity contribution is 5.79. The number of amides is 1. The summed E-state index contributed by atoms with van der Waals surface area (Å²) in [5.74, 6) is -1.21. The number of likely N-dealkylation sites (N-methyl/N-ethyl adjacent to an activating group) is 1. The van der Waals surface area contributed by atoms with Crippen molar-refractivity contribution in [2.24, 2.45) is 0 Å². The molecule has 2 aromatic rings. The minimum atomic E-state index is -0.948. The Labute approximate surface area is 132 Å². The van der Waals surface area contributed by atoms with Gasteiger partial charge in [-0.15, -0.1) is 0 Å². The summed E-state index contributed by atoms with van der Waals surface area (Å²) in [5, 5.41) is 8.69. The Morgan fingerprint density at radius 2 is 2.00 bits per heavy atom. The number of oxazole rings is 1. The number of carbonyl (C=O) groups excluding carboxylic acids is 1. The van der Waals surface area contributed by atoms with E-state index in [2.05, 4.69) is 4.98 Å². The van der Waals surface area contributed by atoms with Crippen LogP contribution in [0.15, 0.2) is 34.9 Å². The predicted molar refractivity (Wildman–Crippen MR) is 80.1 cm³/mol. The molecule has 0 aliphatic carbocycles. The standard InChI is InChI=1S/C16H17FN2O4/c1-2-19(8-7-15(21)22)14(20)9-13-10-23-16(18-13)11-3-5-12(17)6-4-11/h3-6,10H,2,7-9H2,1H3,(H,21,22). The van der Waals surface area contributed by atoms with Crippen LogP contribution in [0.5, 0.6) is 0 Å². The van der Waals surface area contributed by atoms with Gasteiger partial charge < -0.3 is 14.4 Å². The van der Waals surface area contributed by atoms with Crippen molar-refractivity contribution in [3.63, 3.8) is 0 Å². The molecule has 0 atom stereocenters. The number of rotatable bonds is 7. The first kappa shape index (κ1) is 16.7. The van der Waals surface area contributed by atoms with E-state index < -0.39 is 5.97 Å². The molecule has 1 aromatic heterocycles. The molecule has 2 rings (SSSR count). The van der Waals surface area contributed by atoms with Crippen LogP contribution in [-0.4, -0.2) is 40.0 Å². The normalized spacial score (nSPS) is 10.5. The number of nitrogens with zero attached hydrogens (tertiary/aromatic N) is 2. The molecule has 1 N–H and O–H groups in total. The number of carboxylic acids is 1. The Bertz CT molecular complexity index is 682. The zero-order valence-electron chi connectivity index (χ0n) is 12.7. The largest absolute Gasteiger partial charge is 0.481 e. The van der Waals surface area contributed by atoms with Gasteiger partial charge >= 0.3 is 5.97 Å². The summed E-state index contributed by atoms with van der Waals surface area (Å²) in [6.45, 7) is 2.37. The van der Waals surface area contributed by atoms with Crippen LogP contribution in [-0.2, 0) is 16.0 Å². The van der Waals surface area contributed by atoms with Crippen molar-refractivity contribution < 1.29 is 23.5 Å². The van der Waals surface area contributed by atoms with E-state index in [0.29, 0.717) is 23.7 Å². The van der Waals surface area contributed by atoms with Crippen molar-refractivity contribution in [2.45, 2.75) is 19.8 Å². The van der Waals surface area contributed by atoms with Crippen molar-refractivity contribution in [3.05, 3.63) is 42.0 Å². The third-order valence-electron chi connectivity index (χ3n) is 3.31. The fraction of sp³-hybridized carbons (Fsp3) is 0.312. The number of carboxylic acid groups (broad SMARTS) is 1. The van der Waals surface area contributed by atoms with E-state index in [9.17, 15) is 14.0 Å². The van der Waals surface area contributed by atoms with Crippen molar-refractivity contribution in [1.82, 2.24) is 9.88 Å². The molecule has 0 saturated carbocycles. The molecule has 0 unspecified atom stereocenters. The average Bonchev–Trinajstić information content (AvgIpc) is 2.96. The van der Waals surface area contributed by atoms with E-state index in [1.165, 1.54) is 35.4 Å². The monoisotopic (exact) mass is 320 g/mol. The molecule has 7 heteroatoms. The summed E-state index contributed by atoms with van der Waals surface area (Å²) in [5.41, 5.74) is 1.06.